The second-order valence-electron chi connectivity index (χ2n) is 5.36. The molecular weight excluding hydrogens is 240 g/mol. The fourth-order valence-corrected chi connectivity index (χ4v) is 3.22. The molecule has 0 aromatic heterocycles. The molecule has 1 aromatic carbocycles. The highest BCUT2D eigenvalue weighted by Gasteiger charge is 2.50. The van der Waals surface area contributed by atoms with Gasteiger partial charge >= 0.3 is 0 Å². The maximum Gasteiger partial charge on any atom is 0.237 e. The maximum atomic E-state index is 12.3. The Balaban J connectivity index is 1.86. The fourth-order valence-electron chi connectivity index (χ4n) is 3.22. The lowest BCUT2D eigenvalue weighted by atomic mass is 10.00. The zero-order chi connectivity index (χ0) is 13.4. The summed E-state index contributed by atoms with van der Waals surface area (Å²) in [5, 5.41) is 0. The van der Waals surface area contributed by atoms with Gasteiger partial charge < -0.3 is 5.73 Å². The zero-order valence-corrected chi connectivity index (χ0v) is 10.8. The molecule has 1 saturated carbocycles. The van der Waals surface area contributed by atoms with Crippen LogP contribution in [-0.4, -0.2) is 18.4 Å². The summed E-state index contributed by atoms with van der Waals surface area (Å²) in [5.41, 5.74) is 7.34. The number of amides is 2. The fraction of sp³-hybridized carbons (Fsp3) is 0.467. The number of hydrogen-bond acceptors (Lipinski definition) is 3. The first-order valence-corrected chi connectivity index (χ1v) is 6.89. The van der Waals surface area contributed by atoms with Crippen molar-refractivity contribution in [2.24, 2.45) is 17.6 Å². The molecule has 1 aliphatic carbocycles. The van der Waals surface area contributed by atoms with E-state index in [-0.39, 0.29) is 23.7 Å². The largest absolute Gasteiger partial charge is 0.330 e. The van der Waals surface area contributed by atoms with Gasteiger partial charge in [-0.1, -0.05) is 18.6 Å². The van der Waals surface area contributed by atoms with Crippen molar-refractivity contribution in [1.29, 1.82) is 0 Å². The summed E-state index contributed by atoms with van der Waals surface area (Å²) in [6.45, 7) is 0.602. The number of carbonyl (C=O) groups excluding carboxylic acids is 2. The SMILES string of the molecule is NCCc1ccc(N2C(=O)C3CCCC3C2=O)cc1. The topological polar surface area (TPSA) is 63.4 Å². The number of rotatable bonds is 3. The first-order chi connectivity index (χ1) is 9.22. The number of imide groups is 1. The van der Waals surface area contributed by atoms with Crippen LogP contribution in [0.4, 0.5) is 5.69 Å². The van der Waals surface area contributed by atoms with Crippen LogP contribution in [0.5, 0.6) is 0 Å². The molecular formula is C15H18N2O2. The van der Waals surface area contributed by atoms with E-state index in [2.05, 4.69) is 0 Å². The minimum atomic E-state index is -0.0729. The van der Waals surface area contributed by atoms with Crippen LogP contribution in [0.1, 0.15) is 24.8 Å². The van der Waals surface area contributed by atoms with E-state index in [0.717, 1.165) is 31.2 Å². The van der Waals surface area contributed by atoms with Crippen molar-refractivity contribution in [2.45, 2.75) is 25.7 Å². The predicted molar refractivity (Wildman–Crippen MR) is 72.5 cm³/mol. The molecule has 1 saturated heterocycles. The van der Waals surface area contributed by atoms with Gasteiger partial charge in [0.1, 0.15) is 0 Å². The third-order valence-electron chi connectivity index (χ3n) is 4.22. The molecule has 3 rings (SSSR count). The lowest BCUT2D eigenvalue weighted by molar-refractivity contribution is -0.122. The van der Waals surface area contributed by atoms with Crippen molar-refractivity contribution < 1.29 is 9.59 Å². The van der Waals surface area contributed by atoms with Gasteiger partial charge in [-0.25, -0.2) is 0 Å². The Labute approximate surface area is 112 Å². The minimum Gasteiger partial charge on any atom is -0.330 e. The summed E-state index contributed by atoms with van der Waals surface area (Å²) in [5.74, 6) is -0.175. The summed E-state index contributed by atoms with van der Waals surface area (Å²) < 4.78 is 0. The highest BCUT2D eigenvalue weighted by Crippen LogP contribution is 2.41. The Morgan fingerprint density at radius 3 is 2.16 bits per heavy atom. The van der Waals surface area contributed by atoms with Crippen molar-refractivity contribution in [3.05, 3.63) is 29.8 Å². The van der Waals surface area contributed by atoms with Gasteiger partial charge in [-0.3, -0.25) is 14.5 Å². The quantitative estimate of drug-likeness (QED) is 0.835. The van der Waals surface area contributed by atoms with Gasteiger partial charge in [0.15, 0.2) is 0 Å². The van der Waals surface area contributed by atoms with Gasteiger partial charge in [0.25, 0.3) is 0 Å². The van der Waals surface area contributed by atoms with E-state index < -0.39 is 0 Å². The highest BCUT2D eigenvalue weighted by atomic mass is 16.2. The number of fused-ring (bicyclic) bond motifs is 1. The monoisotopic (exact) mass is 258 g/mol. The number of hydrogen-bond donors (Lipinski definition) is 1. The van der Waals surface area contributed by atoms with Crippen LogP contribution in [-0.2, 0) is 16.0 Å². The summed E-state index contributed by atoms with van der Waals surface area (Å²) in [6.07, 6.45) is 3.53. The van der Waals surface area contributed by atoms with E-state index in [1.807, 2.05) is 24.3 Å². The van der Waals surface area contributed by atoms with Crippen LogP contribution in [0, 0.1) is 11.8 Å². The van der Waals surface area contributed by atoms with Crippen LogP contribution < -0.4 is 10.6 Å². The number of benzene rings is 1. The van der Waals surface area contributed by atoms with E-state index in [1.54, 1.807) is 0 Å². The Morgan fingerprint density at radius 2 is 1.63 bits per heavy atom. The van der Waals surface area contributed by atoms with Crippen LogP contribution in [0.25, 0.3) is 0 Å². The molecule has 0 bridgehead atoms. The third-order valence-corrected chi connectivity index (χ3v) is 4.22. The van der Waals surface area contributed by atoms with Gasteiger partial charge in [0.05, 0.1) is 17.5 Å². The molecule has 4 nitrogen and oxygen atoms in total. The van der Waals surface area contributed by atoms with E-state index in [0.29, 0.717) is 12.2 Å². The van der Waals surface area contributed by atoms with E-state index >= 15 is 0 Å². The minimum absolute atomic E-state index is 0.0147. The molecule has 0 spiro atoms. The lowest BCUT2D eigenvalue weighted by Crippen LogP contribution is -2.31. The molecule has 2 unspecified atom stereocenters. The second-order valence-corrected chi connectivity index (χ2v) is 5.36. The first-order valence-electron chi connectivity index (χ1n) is 6.89. The van der Waals surface area contributed by atoms with Crippen molar-refractivity contribution in [1.82, 2.24) is 0 Å². The van der Waals surface area contributed by atoms with E-state index in [1.165, 1.54) is 4.90 Å². The maximum absolute atomic E-state index is 12.3. The number of nitrogens with two attached hydrogens (primary N) is 1. The zero-order valence-electron chi connectivity index (χ0n) is 10.8. The summed E-state index contributed by atoms with van der Waals surface area (Å²) >= 11 is 0. The van der Waals surface area contributed by atoms with Crippen LogP contribution in [0.3, 0.4) is 0 Å². The Morgan fingerprint density at radius 1 is 1.05 bits per heavy atom. The number of nitrogens with zero attached hydrogens (tertiary/aromatic N) is 1. The van der Waals surface area contributed by atoms with Gasteiger partial charge in [-0.15, -0.1) is 0 Å². The molecule has 0 radical (unpaired) electrons. The molecule has 2 amide bonds. The van der Waals surface area contributed by atoms with Crippen molar-refractivity contribution in [3.63, 3.8) is 0 Å². The third kappa shape index (κ3) is 1.96. The molecule has 100 valence electrons. The van der Waals surface area contributed by atoms with E-state index in [9.17, 15) is 9.59 Å². The second kappa shape index (κ2) is 4.78. The Bertz CT molecular complexity index is 487. The smallest absolute Gasteiger partial charge is 0.237 e. The molecule has 1 aromatic rings. The lowest BCUT2D eigenvalue weighted by Gasteiger charge is -2.16. The van der Waals surface area contributed by atoms with Crippen LogP contribution >= 0.6 is 0 Å². The first kappa shape index (κ1) is 12.4. The van der Waals surface area contributed by atoms with Crippen LogP contribution in [0.15, 0.2) is 24.3 Å². The average molecular weight is 258 g/mol. The molecule has 2 fully saturated rings. The van der Waals surface area contributed by atoms with Gasteiger partial charge in [-0.2, -0.15) is 0 Å². The average Bonchev–Trinajstić information content (AvgIpc) is 2.97. The molecule has 1 aliphatic heterocycles. The predicted octanol–water partition coefficient (Wildman–Crippen LogP) is 1.48. The van der Waals surface area contributed by atoms with Gasteiger partial charge in [0, 0.05) is 0 Å². The molecule has 2 N–H and O–H groups in total. The number of anilines is 1. The Hall–Kier alpha value is -1.68. The van der Waals surface area contributed by atoms with Crippen LogP contribution in [0.2, 0.25) is 0 Å². The molecule has 19 heavy (non-hydrogen) atoms. The molecule has 1 heterocycles. The normalized spacial score (nSPS) is 26.1. The van der Waals surface area contributed by atoms with Crippen molar-refractivity contribution >= 4 is 17.5 Å². The summed E-state index contributed by atoms with van der Waals surface area (Å²) in [4.78, 5) is 26.0. The van der Waals surface area contributed by atoms with Gasteiger partial charge in [-0.05, 0) is 43.5 Å². The standard InChI is InChI=1S/C15H18N2O2/c16-9-8-10-4-6-11(7-5-10)17-14(18)12-2-1-3-13(12)15(17)19/h4-7,12-13H,1-3,8-9,16H2. The molecule has 2 atom stereocenters. The van der Waals surface area contributed by atoms with Gasteiger partial charge in [0.2, 0.25) is 11.8 Å². The molecule has 2 aliphatic rings. The summed E-state index contributed by atoms with van der Waals surface area (Å²) in [6, 6.07) is 7.58. The van der Waals surface area contributed by atoms with Crippen molar-refractivity contribution in [3.8, 4) is 0 Å². The summed E-state index contributed by atoms with van der Waals surface area (Å²) in [7, 11) is 0. The van der Waals surface area contributed by atoms with E-state index in [4.69, 9.17) is 5.73 Å². The highest BCUT2D eigenvalue weighted by molar-refractivity contribution is 6.22. The number of carbonyl (C=O) groups is 2. The van der Waals surface area contributed by atoms with Crippen molar-refractivity contribution in [2.75, 3.05) is 11.4 Å². The molecule has 4 heteroatoms. The Kier molecular flexibility index (Phi) is 3.11.